The summed E-state index contributed by atoms with van der Waals surface area (Å²) < 4.78 is 14.9. The zero-order valence-electron chi connectivity index (χ0n) is 13.1. The fourth-order valence-electron chi connectivity index (χ4n) is 2.93. The topological polar surface area (TPSA) is 82.2 Å². The third-order valence-corrected chi connectivity index (χ3v) is 4.16. The van der Waals surface area contributed by atoms with E-state index in [1.54, 1.807) is 0 Å². The summed E-state index contributed by atoms with van der Waals surface area (Å²) in [4.78, 5) is 18.6. The summed E-state index contributed by atoms with van der Waals surface area (Å²) in [6, 6.07) is 5.82. The van der Waals surface area contributed by atoms with E-state index in [1.807, 2.05) is 11.0 Å². The SMILES string of the molecule is N#Cc1ccc(F)cc1Cn1c(N2CCCCC2)ncc(O)c1=O. The molecule has 0 aliphatic carbocycles. The fraction of sp³-hybridized carbons (Fsp3) is 0.353. The molecule has 7 heteroatoms. The van der Waals surface area contributed by atoms with Crippen LogP contribution in [0.1, 0.15) is 30.4 Å². The number of aromatic hydroxyl groups is 1. The van der Waals surface area contributed by atoms with Crippen LogP contribution in [0, 0.1) is 17.1 Å². The Balaban J connectivity index is 2.07. The van der Waals surface area contributed by atoms with Gasteiger partial charge in [0.05, 0.1) is 24.4 Å². The molecule has 1 N–H and O–H groups in total. The fourth-order valence-corrected chi connectivity index (χ4v) is 2.93. The predicted molar refractivity (Wildman–Crippen MR) is 86.4 cm³/mol. The maximum absolute atomic E-state index is 13.5. The summed E-state index contributed by atoms with van der Waals surface area (Å²) in [5.41, 5.74) is 0.0696. The van der Waals surface area contributed by atoms with Gasteiger partial charge in [-0.1, -0.05) is 0 Å². The van der Waals surface area contributed by atoms with E-state index in [0.29, 0.717) is 11.5 Å². The molecule has 1 aliphatic heterocycles. The minimum atomic E-state index is -0.598. The Morgan fingerprint density at radius 1 is 1.29 bits per heavy atom. The lowest BCUT2D eigenvalue weighted by Gasteiger charge is -2.29. The van der Waals surface area contributed by atoms with E-state index in [-0.39, 0.29) is 12.1 Å². The number of anilines is 1. The molecule has 2 aromatic rings. The first-order valence-electron chi connectivity index (χ1n) is 7.82. The standard InChI is InChI=1S/C17H17FN4O2/c18-14-5-4-12(9-19)13(8-14)11-22-16(24)15(23)10-20-17(22)21-6-2-1-3-7-21/h4-5,8,10,23H,1-3,6-7,11H2. The molecule has 2 heterocycles. The lowest BCUT2D eigenvalue weighted by Crippen LogP contribution is -2.36. The van der Waals surface area contributed by atoms with Crippen LogP contribution in [-0.4, -0.2) is 27.7 Å². The highest BCUT2D eigenvalue weighted by Gasteiger charge is 2.19. The highest BCUT2D eigenvalue weighted by molar-refractivity contribution is 5.40. The number of halogens is 1. The number of benzene rings is 1. The number of aromatic nitrogens is 2. The quantitative estimate of drug-likeness (QED) is 0.932. The lowest BCUT2D eigenvalue weighted by atomic mass is 10.1. The number of hydrogen-bond acceptors (Lipinski definition) is 5. The van der Waals surface area contributed by atoms with Gasteiger partial charge >= 0.3 is 0 Å². The van der Waals surface area contributed by atoms with E-state index in [2.05, 4.69) is 4.98 Å². The zero-order valence-corrected chi connectivity index (χ0v) is 13.1. The molecule has 1 aromatic carbocycles. The van der Waals surface area contributed by atoms with Crippen LogP contribution in [-0.2, 0) is 6.54 Å². The van der Waals surface area contributed by atoms with Gasteiger partial charge in [-0.15, -0.1) is 0 Å². The third-order valence-electron chi connectivity index (χ3n) is 4.16. The van der Waals surface area contributed by atoms with E-state index < -0.39 is 17.1 Å². The van der Waals surface area contributed by atoms with Crippen molar-refractivity contribution in [2.24, 2.45) is 0 Å². The number of nitrogens with zero attached hydrogens (tertiary/aromatic N) is 4. The maximum Gasteiger partial charge on any atom is 0.297 e. The smallest absolute Gasteiger partial charge is 0.297 e. The first-order valence-corrected chi connectivity index (χ1v) is 7.82. The largest absolute Gasteiger partial charge is 0.502 e. The summed E-state index contributed by atoms with van der Waals surface area (Å²) in [6.07, 6.45) is 4.27. The van der Waals surface area contributed by atoms with Crippen molar-refractivity contribution in [3.63, 3.8) is 0 Å². The monoisotopic (exact) mass is 328 g/mol. The summed E-state index contributed by atoms with van der Waals surface area (Å²) >= 11 is 0. The third kappa shape index (κ3) is 3.08. The molecule has 1 aromatic heterocycles. The van der Waals surface area contributed by atoms with Crippen LogP contribution in [0.25, 0.3) is 0 Å². The Kier molecular flexibility index (Phi) is 4.47. The number of nitriles is 1. The number of hydrogen-bond donors (Lipinski definition) is 1. The molecule has 0 atom stereocenters. The Bertz CT molecular complexity index is 851. The van der Waals surface area contributed by atoms with Crippen molar-refractivity contribution in [3.05, 3.63) is 51.7 Å². The Morgan fingerprint density at radius 3 is 2.75 bits per heavy atom. The van der Waals surface area contributed by atoms with Crippen LogP contribution in [0.5, 0.6) is 5.75 Å². The van der Waals surface area contributed by atoms with Crippen LogP contribution in [0.2, 0.25) is 0 Å². The van der Waals surface area contributed by atoms with Crippen molar-refractivity contribution in [1.82, 2.24) is 9.55 Å². The van der Waals surface area contributed by atoms with E-state index in [4.69, 9.17) is 0 Å². The molecule has 0 spiro atoms. The lowest BCUT2D eigenvalue weighted by molar-refractivity contribution is 0.452. The molecule has 0 amide bonds. The molecule has 124 valence electrons. The van der Waals surface area contributed by atoms with Crippen LogP contribution in [0.4, 0.5) is 10.3 Å². The molecular formula is C17H17FN4O2. The molecule has 0 unspecified atom stereocenters. The van der Waals surface area contributed by atoms with Crippen molar-refractivity contribution in [3.8, 4) is 11.8 Å². The van der Waals surface area contributed by atoms with Crippen LogP contribution in [0.3, 0.4) is 0 Å². The predicted octanol–water partition coefficient (Wildman–Crippen LogP) is 2.00. The first-order chi connectivity index (χ1) is 11.6. The minimum absolute atomic E-state index is 0.0211. The van der Waals surface area contributed by atoms with E-state index in [9.17, 15) is 19.6 Å². The minimum Gasteiger partial charge on any atom is -0.502 e. The molecule has 3 rings (SSSR count). The van der Waals surface area contributed by atoms with Crippen molar-refractivity contribution < 1.29 is 9.50 Å². The molecule has 0 bridgehead atoms. The van der Waals surface area contributed by atoms with Crippen LogP contribution in [0.15, 0.2) is 29.2 Å². The van der Waals surface area contributed by atoms with Gasteiger partial charge in [0.2, 0.25) is 11.7 Å². The Hall–Kier alpha value is -2.88. The molecule has 6 nitrogen and oxygen atoms in total. The van der Waals surface area contributed by atoms with Crippen molar-refractivity contribution >= 4 is 5.95 Å². The molecule has 1 aliphatic rings. The second kappa shape index (κ2) is 6.71. The van der Waals surface area contributed by atoms with Gasteiger partial charge in [0.15, 0.2) is 0 Å². The number of piperidine rings is 1. The first kappa shape index (κ1) is 16.0. The van der Waals surface area contributed by atoms with Gasteiger partial charge in [-0.3, -0.25) is 9.36 Å². The molecule has 24 heavy (non-hydrogen) atoms. The van der Waals surface area contributed by atoms with E-state index in [0.717, 1.165) is 38.5 Å². The van der Waals surface area contributed by atoms with E-state index >= 15 is 0 Å². The van der Waals surface area contributed by atoms with Crippen molar-refractivity contribution in [2.45, 2.75) is 25.8 Å². The van der Waals surface area contributed by atoms with Gasteiger partial charge in [-0.05, 0) is 43.0 Å². The Labute approximate surface area is 138 Å². The molecule has 0 saturated carbocycles. The summed E-state index contributed by atoms with van der Waals surface area (Å²) in [5, 5.41) is 18.9. The maximum atomic E-state index is 13.5. The normalized spacial score (nSPS) is 14.4. The van der Waals surface area contributed by atoms with E-state index in [1.165, 1.54) is 22.8 Å². The second-order valence-electron chi connectivity index (χ2n) is 5.80. The highest BCUT2D eigenvalue weighted by atomic mass is 19.1. The van der Waals surface area contributed by atoms with Gasteiger partial charge in [0.25, 0.3) is 5.56 Å². The van der Waals surface area contributed by atoms with Crippen molar-refractivity contribution in [1.29, 1.82) is 5.26 Å². The Morgan fingerprint density at radius 2 is 2.04 bits per heavy atom. The highest BCUT2D eigenvalue weighted by Crippen LogP contribution is 2.20. The average Bonchev–Trinajstić information content (AvgIpc) is 2.60. The number of rotatable bonds is 3. The molecule has 1 saturated heterocycles. The molecule has 1 fully saturated rings. The summed E-state index contributed by atoms with van der Waals surface area (Å²) in [5.74, 6) is -0.513. The van der Waals surface area contributed by atoms with Crippen molar-refractivity contribution in [2.75, 3.05) is 18.0 Å². The summed E-state index contributed by atoms with van der Waals surface area (Å²) in [7, 11) is 0. The van der Waals surface area contributed by atoms with Gasteiger partial charge < -0.3 is 10.0 Å². The van der Waals surface area contributed by atoms with Gasteiger partial charge in [0, 0.05) is 13.1 Å². The van der Waals surface area contributed by atoms with Gasteiger partial charge in [-0.25, -0.2) is 9.37 Å². The average molecular weight is 328 g/mol. The van der Waals surface area contributed by atoms with Crippen LogP contribution >= 0.6 is 0 Å². The zero-order chi connectivity index (χ0) is 17.1. The van der Waals surface area contributed by atoms with Crippen LogP contribution < -0.4 is 10.5 Å². The van der Waals surface area contributed by atoms with Gasteiger partial charge in [-0.2, -0.15) is 5.26 Å². The molecular weight excluding hydrogens is 311 g/mol. The second-order valence-corrected chi connectivity index (χ2v) is 5.80. The van der Waals surface area contributed by atoms with Gasteiger partial charge in [0.1, 0.15) is 5.82 Å². The summed E-state index contributed by atoms with van der Waals surface area (Å²) in [6.45, 7) is 1.52. The molecule has 0 radical (unpaired) electrons.